The molecule has 5 N–H and O–H groups in total. The minimum absolute atomic E-state index is 0.0525. The molecule has 6 atom stereocenters. The fourth-order valence-corrected chi connectivity index (χ4v) is 5.03. The van der Waals surface area contributed by atoms with E-state index in [2.05, 4.69) is 20.9 Å². The molecule has 1 spiro atoms. The van der Waals surface area contributed by atoms with Gasteiger partial charge in [0.2, 0.25) is 5.79 Å². The van der Waals surface area contributed by atoms with Gasteiger partial charge in [-0.15, -0.1) is 5.10 Å². The van der Waals surface area contributed by atoms with Crippen LogP contribution in [0.2, 0.25) is 5.02 Å². The van der Waals surface area contributed by atoms with Crippen LogP contribution in [0.5, 0.6) is 0 Å². The number of hydrogen-bond donors (Lipinski definition) is 5. The SMILES string of the molecule is O=C(Nc1cccc(Cl)c1)N[C@@H]1CCO[C@]12O[C@H](CO)[C@H](O)[C@H](n1cc(-c3cc(F)c(F)c(F)c3)nn1)[C@H]2O. The number of urea groups is 1. The van der Waals surface area contributed by atoms with E-state index >= 15 is 0 Å². The van der Waals surface area contributed by atoms with Crippen molar-refractivity contribution in [1.29, 1.82) is 0 Å². The monoisotopic (exact) mass is 569 g/mol. The summed E-state index contributed by atoms with van der Waals surface area (Å²) in [6.45, 7) is -0.635. The second kappa shape index (κ2) is 10.7. The van der Waals surface area contributed by atoms with Crippen molar-refractivity contribution in [3.8, 4) is 11.3 Å². The molecule has 2 fully saturated rings. The van der Waals surface area contributed by atoms with Crippen LogP contribution in [-0.2, 0) is 9.47 Å². The van der Waals surface area contributed by atoms with Gasteiger partial charge in [-0.3, -0.25) is 0 Å². The second-order valence-corrected chi connectivity index (χ2v) is 9.56. The first-order valence-corrected chi connectivity index (χ1v) is 12.2. The summed E-state index contributed by atoms with van der Waals surface area (Å²) in [7, 11) is 0. The number of carbonyl (C=O) groups is 1. The average Bonchev–Trinajstić information content (AvgIpc) is 3.53. The van der Waals surface area contributed by atoms with Gasteiger partial charge in [0.05, 0.1) is 25.5 Å². The third-order valence-corrected chi connectivity index (χ3v) is 6.92. The van der Waals surface area contributed by atoms with Gasteiger partial charge in [-0.2, -0.15) is 0 Å². The van der Waals surface area contributed by atoms with Crippen LogP contribution in [0.3, 0.4) is 0 Å². The van der Waals surface area contributed by atoms with E-state index in [0.29, 0.717) is 10.7 Å². The molecule has 15 heteroatoms. The first-order valence-electron chi connectivity index (χ1n) is 11.8. The predicted octanol–water partition coefficient (Wildman–Crippen LogP) is 1.98. The molecule has 2 aromatic carbocycles. The lowest BCUT2D eigenvalue weighted by Crippen LogP contribution is -2.69. The zero-order valence-corrected chi connectivity index (χ0v) is 20.7. The van der Waals surface area contributed by atoms with Gasteiger partial charge < -0.3 is 35.4 Å². The van der Waals surface area contributed by atoms with E-state index < -0.39 is 66.3 Å². The minimum atomic E-state index is -1.91. The zero-order valence-electron chi connectivity index (χ0n) is 20.0. The number of amides is 2. The smallest absolute Gasteiger partial charge is 0.319 e. The Labute approximate surface area is 224 Å². The molecule has 2 aliphatic heterocycles. The number of ether oxygens (including phenoxy) is 2. The Morgan fingerprint density at radius 3 is 2.64 bits per heavy atom. The maximum absolute atomic E-state index is 13.8. The minimum Gasteiger partial charge on any atom is -0.394 e. The van der Waals surface area contributed by atoms with Crippen LogP contribution in [0.4, 0.5) is 23.7 Å². The van der Waals surface area contributed by atoms with Gasteiger partial charge in [0, 0.05) is 16.3 Å². The third kappa shape index (κ3) is 5.06. The molecule has 3 aromatic rings. The highest BCUT2D eigenvalue weighted by atomic mass is 35.5. The normalized spacial score (nSPS) is 28.5. The van der Waals surface area contributed by atoms with E-state index in [1.807, 2.05) is 0 Å². The number of carbonyl (C=O) groups excluding carboxylic acids is 1. The zero-order chi connectivity index (χ0) is 27.9. The first-order chi connectivity index (χ1) is 18.6. The number of aromatic nitrogens is 3. The predicted molar refractivity (Wildman–Crippen MR) is 129 cm³/mol. The van der Waals surface area contributed by atoms with Crippen LogP contribution in [0.1, 0.15) is 12.5 Å². The van der Waals surface area contributed by atoms with Crippen molar-refractivity contribution in [3.05, 3.63) is 65.1 Å². The largest absolute Gasteiger partial charge is 0.394 e. The van der Waals surface area contributed by atoms with Gasteiger partial charge in [-0.05, 0) is 36.8 Å². The summed E-state index contributed by atoms with van der Waals surface area (Å²) >= 11 is 5.96. The summed E-state index contributed by atoms with van der Waals surface area (Å²) in [5.41, 5.74) is 0.177. The Kier molecular flexibility index (Phi) is 7.50. The highest BCUT2D eigenvalue weighted by Gasteiger charge is 2.62. The molecule has 2 aliphatic rings. The van der Waals surface area contributed by atoms with Crippen molar-refractivity contribution >= 4 is 23.3 Å². The summed E-state index contributed by atoms with van der Waals surface area (Å²) in [5, 5.41) is 45.7. The van der Waals surface area contributed by atoms with Crippen LogP contribution >= 0.6 is 11.6 Å². The van der Waals surface area contributed by atoms with Gasteiger partial charge in [-0.1, -0.05) is 22.9 Å². The molecule has 2 saturated heterocycles. The number of hydrogen-bond acceptors (Lipinski definition) is 8. The van der Waals surface area contributed by atoms with E-state index in [-0.39, 0.29) is 24.3 Å². The van der Waals surface area contributed by atoms with Crippen molar-refractivity contribution < 1.29 is 42.8 Å². The maximum Gasteiger partial charge on any atom is 0.319 e. The number of anilines is 1. The number of halogens is 4. The Bertz CT molecular complexity index is 1360. The molecule has 208 valence electrons. The summed E-state index contributed by atoms with van der Waals surface area (Å²) in [6.07, 6.45) is -3.12. The lowest BCUT2D eigenvalue weighted by atomic mass is 9.86. The molecule has 0 aliphatic carbocycles. The Balaban J connectivity index is 1.42. The van der Waals surface area contributed by atoms with E-state index in [1.54, 1.807) is 18.2 Å². The molecule has 0 unspecified atom stereocenters. The second-order valence-electron chi connectivity index (χ2n) is 9.12. The number of nitrogens with one attached hydrogen (secondary N) is 2. The first kappa shape index (κ1) is 27.3. The topological polar surface area (TPSA) is 151 Å². The number of rotatable bonds is 5. The van der Waals surface area contributed by atoms with Gasteiger partial charge in [0.15, 0.2) is 17.5 Å². The number of aliphatic hydroxyl groups is 3. The van der Waals surface area contributed by atoms with Gasteiger partial charge in [-0.25, -0.2) is 22.6 Å². The molecule has 0 radical (unpaired) electrons. The fourth-order valence-electron chi connectivity index (χ4n) is 4.84. The highest BCUT2D eigenvalue weighted by molar-refractivity contribution is 6.30. The Morgan fingerprint density at radius 2 is 1.95 bits per heavy atom. The highest BCUT2D eigenvalue weighted by Crippen LogP contribution is 2.43. The molecule has 0 saturated carbocycles. The van der Waals surface area contributed by atoms with Gasteiger partial charge in [0.25, 0.3) is 0 Å². The third-order valence-electron chi connectivity index (χ3n) is 6.69. The van der Waals surface area contributed by atoms with Crippen molar-refractivity contribution in [2.75, 3.05) is 18.5 Å². The van der Waals surface area contributed by atoms with Crippen LogP contribution in [0, 0.1) is 17.5 Å². The molecular weight excluding hydrogens is 547 g/mol. The molecular formula is C24H23ClF3N5O6. The molecule has 39 heavy (non-hydrogen) atoms. The fraction of sp³-hybridized carbons (Fsp3) is 0.375. The van der Waals surface area contributed by atoms with Crippen LogP contribution in [-0.4, -0.2) is 79.7 Å². The molecule has 1 aromatic heterocycles. The molecule has 11 nitrogen and oxygen atoms in total. The van der Waals surface area contributed by atoms with Crippen molar-refractivity contribution in [2.45, 2.75) is 42.6 Å². The summed E-state index contributed by atoms with van der Waals surface area (Å²) < 4.78 is 53.6. The van der Waals surface area contributed by atoms with Crippen LogP contribution < -0.4 is 10.6 Å². The average molecular weight is 570 g/mol. The van der Waals surface area contributed by atoms with Crippen LogP contribution in [0.25, 0.3) is 11.3 Å². The Hall–Kier alpha value is -3.27. The lowest BCUT2D eigenvalue weighted by molar-refractivity contribution is -0.344. The van der Waals surface area contributed by atoms with Crippen molar-refractivity contribution in [2.24, 2.45) is 0 Å². The molecule has 2 amide bonds. The standard InChI is InChI=1S/C24H23ClF3N5O6/c25-12-2-1-3-13(8-12)29-23(37)30-18-4-5-38-24(18)22(36)20(21(35)17(10-34)39-24)33-9-16(31-32-33)11-6-14(26)19(28)15(27)7-11/h1-3,6-9,17-18,20-22,34-36H,4-5,10H2,(H2,29,30,37)/t17-,18-,20+,21+,22-,24+/m1/s1. The molecule has 5 rings (SSSR count). The summed E-state index contributed by atoms with van der Waals surface area (Å²) in [6, 6.07) is 4.93. The quantitative estimate of drug-likeness (QED) is 0.293. The van der Waals surface area contributed by atoms with Crippen molar-refractivity contribution in [3.63, 3.8) is 0 Å². The van der Waals surface area contributed by atoms with Gasteiger partial charge >= 0.3 is 6.03 Å². The molecule has 3 heterocycles. The number of benzene rings is 2. The number of aliphatic hydroxyl groups excluding tert-OH is 3. The van der Waals surface area contributed by atoms with Gasteiger partial charge in [0.1, 0.15) is 30.0 Å². The van der Waals surface area contributed by atoms with E-state index in [9.17, 15) is 33.3 Å². The Morgan fingerprint density at radius 1 is 1.21 bits per heavy atom. The van der Waals surface area contributed by atoms with Crippen LogP contribution in [0.15, 0.2) is 42.6 Å². The summed E-state index contributed by atoms with van der Waals surface area (Å²) in [5.74, 6) is -6.43. The maximum atomic E-state index is 13.8. The molecule has 0 bridgehead atoms. The van der Waals surface area contributed by atoms with E-state index in [0.717, 1.165) is 16.8 Å². The van der Waals surface area contributed by atoms with E-state index in [1.165, 1.54) is 12.3 Å². The summed E-state index contributed by atoms with van der Waals surface area (Å²) in [4.78, 5) is 12.7. The van der Waals surface area contributed by atoms with E-state index in [4.69, 9.17) is 21.1 Å². The lowest BCUT2D eigenvalue weighted by Gasteiger charge is -2.49. The number of nitrogens with zero attached hydrogens (tertiary/aromatic N) is 3. The van der Waals surface area contributed by atoms with Crippen molar-refractivity contribution in [1.82, 2.24) is 20.3 Å².